The number of ether oxygens (including phenoxy) is 1. The minimum absolute atomic E-state index is 0.368. The number of oxazole rings is 1. The van der Waals surface area contributed by atoms with Gasteiger partial charge >= 0.3 is 5.76 Å². The molecule has 3 aromatic rings. The molecule has 0 fully saturated rings. The number of aromatic nitrogens is 1. The van der Waals surface area contributed by atoms with Gasteiger partial charge in [-0.3, -0.25) is 4.57 Å². The van der Waals surface area contributed by atoms with Crippen LogP contribution in [-0.4, -0.2) is 11.7 Å². The third-order valence-electron chi connectivity index (χ3n) is 3.27. The maximum absolute atomic E-state index is 12.0. The van der Waals surface area contributed by atoms with Gasteiger partial charge in [0, 0.05) is 10.2 Å². The summed E-state index contributed by atoms with van der Waals surface area (Å²) in [5.74, 6) is 0.318. The number of rotatable bonds is 3. The first-order valence-electron chi connectivity index (χ1n) is 6.30. The zero-order valence-corrected chi connectivity index (χ0v) is 12.9. The van der Waals surface area contributed by atoms with E-state index >= 15 is 0 Å². The lowest BCUT2D eigenvalue weighted by atomic mass is 10.2. The highest BCUT2D eigenvalue weighted by Gasteiger charge is 2.12. The summed E-state index contributed by atoms with van der Waals surface area (Å²) in [6.07, 6.45) is 0. The van der Waals surface area contributed by atoms with Crippen LogP contribution in [0, 0.1) is 0 Å². The molecule has 1 aromatic heterocycles. The molecule has 2 aromatic carbocycles. The smallest absolute Gasteiger partial charge is 0.420 e. The van der Waals surface area contributed by atoms with E-state index in [2.05, 4.69) is 15.9 Å². The molecule has 0 spiro atoms. The standard InChI is InChI=1S/C15H13BrN2O3/c1-20-11-3-4-12(16)9(6-11)8-18-13-7-10(17)2-5-14(13)21-15(18)19/h2-7H,8,17H2,1H3. The second-order valence-electron chi connectivity index (χ2n) is 4.64. The predicted molar refractivity (Wildman–Crippen MR) is 84.7 cm³/mol. The Balaban J connectivity index is 2.12. The minimum Gasteiger partial charge on any atom is -0.497 e. The molecule has 0 aliphatic heterocycles. The van der Waals surface area contributed by atoms with E-state index in [1.165, 1.54) is 0 Å². The van der Waals surface area contributed by atoms with Gasteiger partial charge in [-0.05, 0) is 42.0 Å². The molecule has 2 N–H and O–H groups in total. The number of nitrogens with zero attached hydrogens (tertiary/aromatic N) is 1. The van der Waals surface area contributed by atoms with Crippen LogP contribution in [0.4, 0.5) is 5.69 Å². The Labute approximate surface area is 129 Å². The number of nitrogens with two attached hydrogens (primary N) is 1. The summed E-state index contributed by atoms with van der Waals surface area (Å²) in [4.78, 5) is 12.0. The van der Waals surface area contributed by atoms with Crippen molar-refractivity contribution in [3.63, 3.8) is 0 Å². The van der Waals surface area contributed by atoms with Crippen molar-refractivity contribution < 1.29 is 9.15 Å². The van der Waals surface area contributed by atoms with E-state index in [-0.39, 0.29) is 0 Å². The maximum atomic E-state index is 12.0. The third-order valence-corrected chi connectivity index (χ3v) is 4.05. The van der Waals surface area contributed by atoms with E-state index in [9.17, 15) is 4.79 Å². The fourth-order valence-electron chi connectivity index (χ4n) is 2.20. The van der Waals surface area contributed by atoms with Crippen molar-refractivity contribution in [1.29, 1.82) is 0 Å². The first kappa shape index (κ1) is 13.8. The molecule has 0 saturated heterocycles. The molecule has 3 rings (SSSR count). The average Bonchev–Trinajstić information content (AvgIpc) is 2.77. The van der Waals surface area contributed by atoms with Crippen LogP contribution in [0.1, 0.15) is 5.56 Å². The normalized spacial score (nSPS) is 11.0. The van der Waals surface area contributed by atoms with E-state index in [1.807, 2.05) is 18.2 Å². The third kappa shape index (κ3) is 2.54. The van der Waals surface area contributed by atoms with Crippen LogP contribution >= 0.6 is 15.9 Å². The number of nitrogen functional groups attached to an aromatic ring is 1. The molecule has 108 valence electrons. The van der Waals surface area contributed by atoms with Gasteiger partial charge in [-0.2, -0.15) is 0 Å². The van der Waals surface area contributed by atoms with Crippen LogP contribution < -0.4 is 16.2 Å². The number of fused-ring (bicyclic) bond motifs is 1. The number of halogens is 1. The number of hydrogen-bond donors (Lipinski definition) is 1. The van der Waals surface area contributed by atoms with Gasteiger partial charge in [0.1, 0.15) is 5.75 Å². The lowest BCUT2D eigenvalue weighted by molar-refractivity contribution is 0.414. The van der Waals surface area contributed by atoms with E-state index in [4.69, 9.17) is 14.9 Å². The van der Waals surface area contributed by atoms with Crippen molar-refractivity contribution >= 4 is 32.7 Å². The summed E-state index contributed by atoms with van der Waals surface area (Å²) in [5, 5.41) is 0. The van der Waals surface area contributed by atoms with Crippen molar-refractivity contribution in [1.82, 2.24) is 4.57 Å². The van der Waals surface area contributed by atoms with Crippen LogP contribution in [0.25, 0.3) is 11.1 Å². The number of benzene rings is 2. The van der Waals surface area contributed by atoms with E-state index in [0.717, 1.165) is 15.8 Å². The largest absolute Gasteiger partial charge is 0.497 e. The molecule has 21 heavy (non-hydrogen) atoms. The summed E-state index contributed by atoms with van der Waals surface area (Å²) in [6, 6.07) is 10.7. The highest BCUT2D eigenvalue weighted by molar-refractivity contribution is 9.10. The molecule has 0 unspecified atom stereocenters. The van der Waals surface area contributed by atoms with Crippen molar-refractivity contribution in [3.05, 3.63) is 57.0 Å². The maximum Gasteiger partial charge on any atom is 0.420 e. The van der Waals surface area contributed by atoms with Gasteiger partial charge in [-0.1, -0.05) is 15.9 Å². The molecule has 0 saturated carbocycles. The Morgan fingerprint density at radius 1 is 1.29 bits per heavy atom. The summed E-state index contributed by atoms with van der Waals surface area (Å²) in [6.45, 7) is 0.368. The first-order valence-corrected chi connectivity index (χ1v) is 7.09. The van der Waals surface area contributed by atoms with E-state index < -0.39 is 5.76 Å². The first-order chi connectivity index (χ1) is 10.1. The van der Waals surface area contributed by atoms with Crippen molar-refractivity contribution in [3.8, 4) is 5.75 Å². The van der Waals surface area contributed by atoms with E-state index in [0.29, 0.717) is 23.3 Å². The van der Waals surface area contributed by atoms with E-state index in [1.54, 1.807) is 29.9 Å². The van der Waals surface area contributed by atoms with Gasteiger partial charge in [-0.15, -0.1) is 0 Å². The lowest BCUT2D eigenvalue weighted by Gasteiger charge is -2.08. The van der Waals surface area contributed by atoms with Crippen molar-refractivity contribution in [2.75, 3.05) is 12.8 Å². The Morgan fingerprint density at radius 2 is 2.10 bits per heavy atom. The molecule has 0 aliphatic carbocycles. The van der Waals surface area contributed by atoms with Crippen LogP contribution in [0.2, 0.25) is 0 Å². The zero-order chi connectivity index (χ0) is 15.0. The summed E-state index contributed by atoms with van der Waals surface area (Å²) < 4.78 is 12.9. The van der Waals surface area contributed by atoms with Gasteiger partial charge in [-0.25, -0.2) is 4.79 Å². The topological polar surface area (TPSA) is 70.4 Å². The lowest BCUT2D eigenvalue weighted by Crippen LogP contribution is -2.15. The molecule has 0 amide bonds. The van der Waals surface area contributed by atoms with Crippen LogP contribution in [0.15, 0.2) is 50.1 Å². The van der Waals surface area contributed by atoms with Gasteiger partial charge in [0.05, 0.1) is 19.2 Å². The summed E-state index contributed by atoms with van der Waals surface area (Å²) in [7, 11) is 1.60. The van der Waals surface area contributed by atoms with Crippen molar-refractivity contribution in [2.45, 2.75) is 6.54 Å². The molecule has 0 radical (unpaired) electrons. The Kier molecular flexibility index (Phi) is 3.47. The monoisotopic (exact) mass is 348 g/mol. The molecular weight excluding hydrogens is 336 g/mol. The molecular formula is C15H13BrN2O3. The molecule has 0 aliphatic rings. The fourth-order valence-corrected chi connectivity index (χ4v) is 2.57. The van der Waals surface area contributed by atoms with Gasteiger partial charge in [0.15, 0.2) is 5.58 Å². The Bertz CT molecular complexity index is 867. The Hall–Kier alpha value is -2.21. The van der Waals surface area contributed by atoms with Crippen LogP contribution in [-0.2, 0) is 6.54 Å². The van der Waals surface area contributed by atoms with Gasteiger partial charge in [0.25, 0.3) is 0 Å². The number of hydrogen-bond acceptors (Lipinski definition) is 4. The molecule has 1 heterocycles. The molecule has 6 heteroatoms. The van der Waals surface area contributed by atoms with Gasteiger partial charge in [0.2, 0.25) is 0 Å². The molecule has 0 atom stereocenters. The fraction of sp³-hybridized carbons (Fsp3) is 0.133. The number of methoxy groups -OCH3 is 1. The van der Waals surface area contributed by atoms with Crippen molar-refractivity contribution in [2.24, 2.45) is 0 Å². The average molecular weight is 349 g/mol. The van der Waals surface area contributed by atoms with Crippen LogP contribution in [0.3, 0.4) is 0 Å². The minimum atomic E-state index is -0.412. The van der Waals surface area contributed by atoms with Crippen LogP contribution in [0.5, 0.6) is 5.75 Å². The number of anilines is 1. The highest BCUT2D eigenvalue weighted by atomic mass is 79.9. The summed E-state index contributed by atoms with van der Waals surface area (Å²) >= 11 is 3.48. The van der Waals surface area contributed by atoms with Gasteiger partial charge < -0.3 is 14.9 Å². The molecule has 5 nitrogen and oxygen atoms in total. The second kappa shape index (κ2) is 5.29. The Morgan fingerprint density at radius 3 is 2.86 bits per heavy atom. The molecule has 0 bridgehead atoms. The highest BCUT2D eigenvalue weighted by Crippen LogP contribution is 2.24. The summed E-state index contributed by atoms with van der Waals surface area (Å²) in [5.41, 5.74) is 8.48. The predicted octanol–water partition coefficient (Wildman–Crippen LogP) is 3.00. The SMILES string of the molecule is COc1ccc(Br)c(Cn2c(=O)oc3ccc(N)cc32)c1. The zero-order valence-electron chi connectivity index (χ0n) is 11.3. The quantitative estimate of drug-likeness (QED) is 0.738. The second-order valence-corrected chi connectivity index (χ2v) is 5.49.